The van der Waals surface area contributed by atoms with Crippen LogP contribution in [0.5, 0.6) is 0 Å². The van der Waals surface area contributed by atoms with Crippen LogP contribution in [-0.2, 0) is 10.8 Å². The van der Waals surface area contributed by atoms with E-state index in [0.717, 1.165) is 61.8 Å². The Morgan fingerprint density at radius 2 is 0.986 bits per heavy atom. The Bertz CT molecular complexity index is 3700. The van der Waals surface area contributed by atoms with Crippen molar-refractivity contribution >= 4 is 40.1 Å². The van der Waals surface area contributed by atoms with Gasteiger partial charge >= 0.3 is 0 Å². The normalized spacial score (nSPS) is 15.4. The van der Waals surface area contributed by atoms with Crippen LogP contribution in [0.2, 0.25) is 0 Å². The van der Waals surface area contributed by atoms with Crippen molar-refractivity contribution in [1.82, 2.24) is 5.32 Å². The zero-order valence-electron chi connectivity index (χ0n) is 40.4. The zero-order chi connectivity index (χ0) is 48.4. The topological polar surface area (TPSA) is 41.3 Å². The Balaban J connectivity index is 1.09. The van der Waals surface area contributed by atoms with E-state index in [9.17, 15) is 0 Å². The molecule has 344 valence electrons. The van der Waals surface area contributed by atoms with E-state index in [1.54, 1.807) is 0 Å². The van der Waals surface area contributed by atoms with E-state index in [2.05, 4.69) is 279 Å². The highest BCUT2D eigenvalue weighted by molar-refractivity contribution is 6.04. The van der Waals surface area contributed by atoms with Crippen LogP contribution in [0, 0.1) is 0 Å². The number of rotatable bonds is 9. The number of hydrogen-bond acceptors (Lipinski definition) is 3. The van der Waals surface area contributed by atoms with E-state index in [1.165, 1.54) is 55.6 Å². The largest absolute Gasteiger partial charge is 0.354 e. The summed E-state index contributed by atoms with van der Waals surface area (Å²) in [4.78, 5) is 2.52. The SMILES string of the molecule is CC1(C)c2ccccc2-c2ccc(N(c3ccc4c(c3)C=C(c3ccccc3)N/C4=C(/c3ccccc3)C(N)c3ccccc3)c3cccc4c3-c3ccccc3C4(c3ccccc3)c3ccccc3)cc21. The molecule has 0 saturated carbocycles. The first kappa shape index (κ1) is 43.3. The molecule has 0 amide bonds. The van der Waals surface area contributed by atoms with Crippen molar-refractivity contribution in [3.63, 3.8) is 0 Å². The first-order chi connectivity index (χ1) is 35.4. The summed E-state index contributed by atoms with van der Waals surface area (Å²) in [5, 5.41) is 3.97. The number of nitrogens with zero attached hydrogens (tertiary/aromatic N) is 1. The van der Waals surface area contributed by atoms with Crippen LogP contribution in [0.15, 0.2) is 255 Å². The van der Waals surface area contributed by atoms with Crippen molar-refractivity contribution in [2.24, 2.45) is 5.73 Å². The summed E-state index contributed by atoms with van der Waals surface area (Å²) in [6.07, 6.45) is 2.31. The standard InChI is InChI=1S/C69H53N3/c1-68(2)58-35-20-18-33-55(58)56-42-40-53(45-61(56)68)72(63-38-22-37-60-65(63)57-34-19-21-36-59(57)69(60,50-29-14-6-15-30-50)51-31-16-7-17-32-51)52-39-41-54-49(43-52)44-62(46-23-8-3-9-24-46)71-67(54)64(47-25-10-4-11-26-47)66(70)48-27-12-5-13-28-48/h3-45,66,71H,70H2,1-2H3/b67-64-. The minimum Gasteiger partial charge on any atom is -0.354 e. The molecular formula is C69H53N3. The Hall–Kier alpha value is -8.76. The van der Waals surface area contributed by atoms with Gasteiger partial charge < -0.3 is 16.0 Å². The molecule has 0 aromatic heterocycles. The van der Waals surface area contributed by atoms with Gasteiger partial charge in [-0.2, -0.15) is 0 Å². The predicted molar refractivity (Wildman–Crippen MR) is 300 cm³/mol. The molecule has 2 aliphatic carbocycles. The fourth-order valence-electron chi connectivity index (χ4n) is 12.3. The maximum absolute atomic E-state index is 7.44. The molecule has 3 heteroatoms. The number of nitrogens with one attached hydrogen (secondary N) is 1. The number of anilines is 3. The van der Waals surface area contributed by atoms with Crippen molar-refractivity contribution in [1.29, 1.82) is 0 Å². The smallest absolute Gasteiger partial charge is 0.0714 e. The number of benzene rings is 10. The quantitative estimate of drug-likeness (QED) is 0.152. The molecule has 72 heavy (non-hydrogen) atoms. The predicted octanol–water partition coefficient (Wildman–Crippen LogP) is 16.5. The van der Waals surface area contributed by atoms with Crippen LogP contribution in [0.4, 0.5) is 17.1 Å². The lowest BCUT2D eigenvalue weighted by Crippen LogP contribution is -2.28. The van der Waals surface area contributed by atoms with Gasteiger partial charge in [0, 0.05) is 39.2 Å². The highest BCUT2D eigenvalue weighted by Crippen LogP contribution is 2.60. The van der Waals surface area contributed by atoms with Gasteiger partial charge in [-0.25, -0.2) is 0 Å². The third kappa shape index (κ3) is 6.77. The average Bonchev–Trinajstić information content (AvgIpc) is 3.88. The minimum atomic E-state index is -0.558. The average molecular weight is 924 g/mol. The molecule has 0 spiro atoms. The van der Waals surface area contributed by atoms with Crippen molar-refractivity contribution in [3.8, 4) is 22.3 Å². The number of fused-ring (bicyclic) bond motifs is 7. The van der Waals surface area contributed by atoms with Crippen molar-refractivity contribution < 1.29 is 0 Å². The Morgan fingerprint density at radius 1 is 0.458 bits per heavy atom. The van der Waals surface area contributed by atoms with E-state index >= 15 is 0 Å². The van der Waals surface area contributed by atoms with E-state index in [0.29, 0.717) is 0 Å². The molecule has 3 aliphatic rings. The van der Waals surface area contributed by atoms with E-state index in [-0.39, 0.29) is 5.41 Å². The van der Waals surface area contributed by atoms with Gasteiger partial charge in [0.2, 0.25) is 0 Å². The summed E-state index contributed by atoms with van der Waals surface area (Å²) in [5.74, 6) is 0. The number of hydrogen-bond donors (Lipinski definition) is 2. The molecule has 0 radical (unpaired) electrons. The summed E-state index contributed by atoms with van der Waals surface area (Å²) >= 11 is 0. The highest BCUT2D eigenvalue weighted by Gasteiger charge is 2.47. The summed E-state index contributed by atoms with van der Waals surface area (Å²) < 4.78 is 0. The van der Waals surface area contributed by atoms with E-state index in [4.69, 9.17) is 5.73 Å². The van der Waals surface area contributed by atoms with Gasteiger partial charge in [0.25, 0.3) is 0 Å². The lowest BCUT2D eigenvalue weighted by atomic mass is 9.68. The van der Waals surface area contributed by atoms with Crippen molar-refractivity contribution in [2.45, 2.75) is 30.7 Å². The third-order valence-electron chi connectivity index (χ3n) is 15.6. The zero-order valence-corrected chi connectivity index (χ0v) is 40.4. The summed E-state index contributed by atoms with van der Waals surface area (Å²) in [6, 6.07) is 92.6. The Kier molecular flexibility index (Phi) is 10.4. The van der Waals surface area contributed by atoms with Crippen LogP contribution in [-0.4, -0.2) is 0 Å². The highest BCUT2D eigenvalue weighted by atomic mass is 15.1. The molecule has 13 rings (SSSR count). The van der Waals surface area contributed by atoms with Gasteiger partial charge in [-0.3, -0.25) is 0 Å². The lowest BCUT2D eigenvalue weighted by molar-refractivity contribution is 0.660. The fourth-order valence-corrected chi connectivity index (χ4v) is 12.3. The van der Waals surface area contributed by atoms with Crippen LogP contribution < -0.4 is 16.0 Å². The second kappa shape index (κ2) is 17.3. The third-order valence-corrected chi connectivity index (χ3v) is 15.6. The second-order valence-electron chi connectivity index (χ2n) is 19.8. The summed E-state index contributed by atoms with van der Waals surface area (Å²) in [7, 11) is 0. The number of nitrogens with two attached hydrogens (primary N) is 1. The molecular weight excluding hydrogens is 871 g/mol. The molecule has 1 heterocycles. The summed E-state index contributed by atoms with van der Waals surface area (Å²) in [6.45, 7) is 4.74. The van der Waals surface area contributed by atoms with Gasteiger partial charge in [-0.05, 0) is 109 Å². The van der Waals surface area contributed by atoms with E-state index in [1.807, 2.05) is 6.07 Å². The first-order valence-electron chi connectivity index (χ1n) is 25.1. The first-order valence-corrected chi connectivity index (χ1v) is 25.1. The summed E-state index contributed by atoms with van der Waals surface area (Å²) in [5.41, 5.74) is 31.2. The van der Waals surface area contributed by atoms with Crippen LogP contribution in [0.1, 0.15) is 81.1 Å². The molecule has 1 atom stereocenters. The van der Waals surface area contributed by atoms with Gasteiger partial charge in [0.1, 0.15) is 0 Å². The Labute approximate surface area is 422 Å². The van der Waals surface area contributed by atoms with Gasteiger partial charge in [0.05, 0.1) is 22.8 Å². The fraction of sp³-hybridized carbons (Fsp3) is 0.0725. The lowest BCUT2D eigenvalue weighted by Gasteiger charge is -2.35. The molecule has 1 unspecified atom stereocenters. The molecule has 10 aromatic rings. The molecule has 0 fully saturated rings. The molecule has 3 N–H and O–H groups in total. The Morgan fingerprint density at radius 3 is 1.67 bits per heavy atom. The van der Waals surface area contributed by atoms with Crippen LogP contribution in [0.25, 0.3) is 45.3 Å². The maximum Gasteiger partial charge on any atom is 0.0714 e. The molecule has 0 bridgehead atoms. The van der Waals surface area contributed by atoms with Crippen LogP contribution in [0.3, 0.4) is 0 Å². The van der Waals surface area contributed by atoms with Crippen LogP contribution >= 0.6 is 0 Å². The maximum atomic E-state index is 7.44. The van der Waals surface area contributed by atoms with Crippen molar-refractivity contribution in [2.75, 3.05) is 4.90 Å². The second-order valence-corrected chi connectivity index (χ2v) is 19.8. The van der Waals surface area contributed by atoms with Gasteiger partial charge in [0.15, 0.2) is 0 Å². The molecule has 3 nitrogen and oxygen atoms in total. The van der Waals surface area contributed by atoms with E-state index < -0.39 is 11.5 Å². The van der Waals surface area contributed by atoms with Gasteiger partial charge in [-0.1, -0.05) is 238 Å². The van der Waals surface area contributed by atoms with Gasteiger partial charge in [-0.15, -0.1) is 0 Å². The molecule has 0 saturated heterocycles. The minimum absolute atomic E-state index is 0.200. The molecule has 10 aromatic carbocycles. The van der Waals surface area contributed by atoms with Crippen molar-refractivity contribution in [3.05, 3.63) is 316 Å². The monoisotopic (exact) mass is 923 g/mol. The molecule has 1 aliphatic heterocycles.